The number of amides is 2. The first-order chi connectivity index (χ1) is 15.1. The Labute approximate surface area is 189 Å². The maximum absolute atomic E-state index is 14.1. The van der Waals surface area contributed by atoms with Crippen molar-refractivity contribution in [2.45, 2.75) is 50.6 Å². The number of hydrogen-bond acceptors (Lipinski definition) is 4. The summed E-state index contributed by atoms with van der Waals surface area (Å²) in [6.07, 6.45) is 5.44. The van der Waals surface area contributed by atoms with Gasteiger partial charge in [-0.2, -0.15) is 0 Å². The molecule has 1 saturated carbocycles. The average molecular weight is 457 g/mol. The van der Waals surface area contributed by atoms with Crippen molar-refractivity contribution >= 4 is 40.2 Å². The second-order valence-corrected chi connectivity index (χ2v) is 9.77. The van der Waals surface area contributed by atoms with Crippen LogP contribution in [0.25, 0.3) is 0 Å². The summed E-state index contributed by atoms with van der Waals surface area (Å²) in [6.45, 7) is 0. The van der Waals surface area contributed by atoms with Crippen LogP contribution in [0.2, 0.25) is 0 Å². The van der Waals surface area contributed by atoms with Gasteiger partial charge in [-0.15, -0.1) is 22.7 Å². The van der Waals surface area contributed by atoms with E-state index in [1.807, 2.05) is 35.0 Å². The summed E-state index contributed by atoms with van der Waals surface area (Å²) < 4.78 is 14.1. The quantitative estimate of drug-likeness (QED) is 0.495. The predicted octanol–water partition coefficient (Wildman–Crippen LogP) is 5.71. The molecule has 0 spiro atoms. The molecule has 31 heavy (non-hydrogen) atoms. The second-order valence-electron chi connectivity index (χ2n) is 7.76. The predicted molar refractivity (Wildman–Crippen MR) is 124 cm³/mol. The molecule has 1 aliphatic carbocycles. The number of benzene rings is 1. The standard InChI is InChI=1S/C24H25FN2O2S2/c25-17-7-4-10-19(15-17)27(22(28)16-20-11-5-13-30-20)23(21-12-6-14-31-21)24(29)26-18-8-2-1-3-9-18/h4-7,10-15,18,23H,1-3,8-9,16H2,(H,26,29)/t23-/m0/s1. The molecular formula is C24H25FN2O2S2. The molecule has 1 aliphatic rings. The topological polar surface area (TPSA) is 49.4 Å². The molecule has 4 nitrogen and oxygen atoms in total. The molecular weight excluding hydrogens is 431 g/mol. The number of carbonyl (C=O) groups excluding carboxylic acids is 2. The van der Waals surface area contributed by atoms with Crippen molar-refractivity contribution in [1.29, 1.82) is 0 Å². The Kier molecular flexibility index (Phi) is 7.14. The van der Waals surface area contributed by atoms with Crippen LogP contribution in [0.1, 0.15) is 47.9 Å². The highest BCUT2D eigenvalue weighted by Gasteiger charge is 2.35. The van der Waals surface area contributed by atoms with Gasteiger partial charge in [0.2, 0.25) is 11.8 Å². The summed E-state index contributed by atoms with van der Waals surface area (Å²) in [5.74, 6) is -0.882. The average Bonchev–Trinajstić information content (AvgIpc) is 3.47. The van der Waals surface area contributed by atoms with Crippen molar-refractivity contribution in [2.75, 3.05) is 4.90 Å². The van der Waals surface area contributed by atoms with Gasteiger partial charge < -0.3 is 5.32 Å². The Bertz CT molecular complexity index is 999. The summed E-state index contributed by atoms with van der Waals surface area (Å²) in [5.41, 5.74) is 0.388. The molecule has 1 N–H and O–H groups in total. The van der Waals surface area contributed by atoms with E-state index in [9.17, 15) is 14.0 Å². The Morgan fingerprint density at radius 2 is 1.81 bits per heavy atom. The van der Waals surface area contributed by atoms with Crippen molar-refractivity contribution in [3.63, 3.8) is 0 Å². The molecule has 2 heterocycles. The minimum atomic E-state index is -0.837. The lowest BCUT2D eigenvalue weighted by molar-refractivity contribution is -0.127. The number of rotatable bonds is 7. The first kappa shape index (κ1) is 21.7. The van der Waals surface area contributed by atoms with Crippen molar-refractivity contribution < 1.29 is 14.0 Å². The third kappa shape index (κ3) is 5.40. The lowest BCUT2D eigenvalue weighted by Crippen LogP contribution is -2.47. The zero-order valence-corrected chi connectivity index (χ0v) is 18.8. The van der Waals surface area contributed by atoms with Crippen molar-refractivity contribution in [3.05, 3.63) is 74.9 Å². The number of nitrogens with zero attached hydrogens (tertiary/aromatic N) is 1. The minimum Gasteiger partial charge on any atom is -0.351 e. The van der Waals surface area contributed by atoms with Gasteiger partial charge in [0.1, 0.15) is 11.9 Å². The van der Waals surface area contributed by atoms with Crippen LogP contribution in [0.4, 0.5) is 10.1 Å². The van der Waals surface area contributed by atoms with Crippen LogP contribution >= 0.6 is 22.7 Å². The normalized spacial score (nSPS) is 15.4. The molecule has 0 unspecified atom stereocenters. The molecule has 0 saturated heterocycles. The van der Waals surface area contributed by atoms with E-state index in [0.29, 0.717) is 5.69 Å². The van der Waals surface area contributed by atoms with Crippen LogP contribution in [0, 0.1) is 5.82 Å². The fraction of sp³-hybridized carbons (Fsp3) is 0.333. The van der Waals surface area contributed by atoms with Crippen molar-refractivity contribution in [2.24, 2.45) is 0 Å². The van der Waals surface area contributed by atoms with Crippen LogP contribution in [0.5, 0.6) is 0 Å². The Morgan fingerprint density at radius 1 is 1.03 bits per heavy atom. The summed E-state index contributed by atoms with van der Waals surface area (Å²) in [5, 5.41) is 6.98. The van der Waals surface area contributed by atoms with E-state index in [0.717, 1.165) is 35.4 Å². The molecule has 4 rings (SSSR count). The van der Waals surface area contributed by atoms with Gasteiger partial charge in [-0.1, -0.05) is 37.5 Å². The lowest BCUT2D eigenvalue weighted by Gasteiger charge is -2.32. The van der Waals surface area contributed by atoms with E-state index >= 15 is 0 Å². The smallest absolute Gasteiger partial charge is 0.248 e. The molecule has 1 fully saturated rings. The third-order valence-electron chi connectivity index (χ3n) is 5.53. The van der Waals surface area contributed by atoms with Crippen LogP contribution in [-0.4, -0.2) is 17.9 Å². The second kappa shape index (κ2) is 10.2. The molecule has 7 heteroatoms. The molecule has 1 atom stereocenters. The number of carbonyl (C=O) groups is 2. The number of thiophene rings is 2. The molecule has 2 amide bonds. The Hall–Kier alpha value is -2.51. The number of anilines is 1. The Morgan fingerprint density at radius 3 is 2.48 bits per heavy atom. The van der Waals surface area contributed by atoms with Gasteiger partial charge in [-0.3, -0.25) is 14.5 Å². The molecule has 0 aliphatic heterocycles. The van der Waals surface area contributed by atoms with E-state index in [1.165, 1.54) is 46.1 Å². The van der Waals surface area contributed by atoms with Crippen LogP contribution < -0.4 is 10.2 Å². The minimum absolute atomic E-state index is 0.116. The fourth-order valence-corrected chi connectivity index (χ4v) is 5.57. The lowest BCUT2D eigenvalue weighted by atomic mass is 9.95. The molecule has 2 aromatic heterocycles. The van der Waals surface area contributed by atoms with Crippen LogP contribution in [0.15, 0.2) is 59.3 Å². The van der Waals surface area contributed by atoms with E-state index in [4.69, 9.17) is 0 Å². The highest BCUT2D eigenvalue weighted by molar-refractivity contribution is 7.10. The zero-order valence-electron chi connectivity index (χ0n) is 17.1. The van der Waals surface area contributed by atoms with Gasteiger partial charge in [0.15, 0.2) is 0 Å². The molecule has 1 aromatic carbocycles. The van der Waals surface area contributed by atoms with Gasteiger partial charge in [-0.05, 0) is 53.9 Å². The molecule has 0 bridgehead atoms. The first-order valence-electron chi connectivity index (χ1n) is 10.6. The van der Waals surface area contributed by atoms with Gasteiger partial charge in [0, 0.05) is 21.5 Å². The maximum atomic E-state index is 14.1. The number of hydrogen-bond donors (Lipinski definition) is 1. The van der Waals surface area contributed by atoms with Gasteiger partial charge in [0.25, 0.3) is 0 Å². The summed E-state index contributed by atoms with van der Waals surface area (Å²) >= 11 is 2.92. The van der Waals surface area contributed by atoms with E-state index < -0.39 is 11.9 Å². The van der Waals surface area contributed by atoms with Gasteiger partial charge in [-0.25, -0.2) is 4.39 Å². The van der Waals surface area contributed by atoms with Crippen molar-refractivity contribution in [1.82, 2.24) is 5.32 Å². The third-order valence-corrected chi connectivity index (χ3v) is 7.33. The summed E-state index contributed by atoms with van der Waals surface area (Å²) in [7, 11) is 0. The fourth-order valence-electron chi connectivity index (χ4n) is 4.06. The van der Waals surface area contributed by atoms with Crippen LogP contribution in [0.3, 0.4) is 0 Å². The van der Waals surface area contributed by atoms with Crippen molar-refractivity contribution in [3.8, 4) is 0 Å². The van der Waals surface area contributed by atoms with Gasteiger partial charge >= 0.3 is 0 Å². The molecule has 0 radical (unpaired) electrons. The van der Waals surface area contributed by atoms with E-state index in [2.05, 4.69) is 5.32 Å². The Balaban J connectivity index is 1.70. The van der Waals surface area contributed by atoms with E-state index in [-0.39, 0.29) is 24.3 Å². The number of nitrogens with one attached hydrogen (secondary N) is 1. The van der Waals surface area contributed by atoms with Crippen LogP contribution in [-0.2, 0) is 16.0 Å². The monoisotopic (exact) mass is 456 g/mol. The highest BCUT2D eigenvalue weighted by Crippen LogP contribution is 2.32. The summed E-state index contributed by atoms with van der Waals surface area (Å²) in [4.78, 5) is 30.2. The SMILES string of the molecule is O=C(NC1CCCCC1)[C@H](c1cccs1)N(C(=O)Cc1cccs1)c1cccc(F)c1. The molecule has 162 valence electrons. The maximum Gasteiger partial charge on any atom is 0.248 e. The zero-order chi connectivity index (χ0) is 21.6. The van der Waals surface area contributed by atoms with E-state index in [1.54, 1.807) is 12.1 Å². The molecule has 3 aromatic rings. The first-order valence-corrected chi connectivity index (χ1v) is 12.3. The number of halogens is 1. The largest absolute Gasteiger partial charge is 0.351 e. The van der Waals surface area contributed by atoms with Gasteiger partial charge in [0.05, 0.1) is 6.42 Å². The summed E-state index contributed by atoms with van der Waals surface area (Å²) in [6, 6.07) is 12.7. The highest BCUT2D eigenvalue weighted by atomic mass is 32.1.